The van der Waals surface area contributed by atoms with E-state index in [-0.39, 0.29) is 18.0 Å². The van der Waals surface area contributed by atoms with Gasteiger partial charge in [-0.2, -0.15) is 0 Å². The van der Waals surface area contributed by atoms with Crippen molar-refractivity contribution in [1.29, 1.82) is 0 Å². The van der Waals surface area contributed by atoms with E-state index in [1.165, 1.54) is 12.4 Å². The first-order valence-corrected chi connectivity index (χ1v) is 7.26. The summed E-state index contributed by atoms with van der Waals surface area (Å²) in [6.07, 6.45) is 2.81. The molecule has 1 amide bonds. The van der Waals surface area contributed by atoms with Crippen LogP contribution in [0.15, 0.2) is 24.5 Å². The molecule has 0 saturated carbocycles. The third-order valence-corrected chi connectivity index (χ3v) is 3.83. The number of hydrogen-bond donors (Lipinski definition) is 2. The van der Waals surface area contributed by atoms with Gasteiger partial charge in [0.25, 0.3) is 0 Å². The Labute approximate surface area is 127 Å². The number of rotatable bonds is 4. The molecule has 7 heteroatoms. The second-order valence-electron chi connectivity index (χ2n) is 5.25. The molecule has 2 heterocycles. The van der Waals surface area contributed by atoms with Crippen LogP contribution >= 0.6 is 0 Å². The van der Waals surface area contributed by atoms with Crippen molar-refractivity contribution < 1.29 is 14.3 Å². The van der Waals surface area contributed by atoms with E-state index in [1.54, 1.807) is 17.0 Å². The van der Waals surface area contributed by atoms with E-state index in [1.807, 2.05) is 0 Å². The lowest BCUT2D eigenvalue weighted by Gasteiger charge is -2.32. The Morgan fingerprint density at radius 2 is 2.27 bits per heavy atom. The molecule has 116 valence electrons. The molecule has 6 nitrogen and oxygen atoms in total. The molecule has 0 bridgehead atoms. The van der Waals surface area contributed by atoms with E-state index in [9.17, 15) is 9.18 Å². The molecule has 1 aliphatic heterocycles. The molecule has 0 aliphatic carbocycles. The van der Waals surface area contributed by atoms with Gasteiger partial charge in [0.15, 0.2) is 0 Å². The van der Waals surface area contributed by atoms with Crippen LogP contribution in [-0.4, -0.2) is 51.6 Å². The lowest BCUT2D eigenvalue weighted by Crippen LogP contribution is -2.48. The monoisotopic (exact) mass is 304 g/mol. The van der Waals surface area contributed by atoms with E-state index in [0.717, 1.165) is 6.42 Å². The standard InChI is InChI=1S/C15H17FN4O2/c16-11-4-1-3-10-13(11)17-9-18-14(10)19-12-5-2-6-20(7-8-21)15(12)22/h1,3-4,9,12,21H,2,5-8H2,(H,17,18,19). The number of fused-ring (bicyclic) bond motifs is 1. The van der Waals surface area contributed by atoms with Crippen LogP contribution in [-0.2, 0) is 4.79 Å². The molecule has 1 aromatic heterocycles. The molecule has 0 spiro atoms. The van der Waals surface area contributed by atoms with Crippen LogP contribution in [0.2, 0.25) is 0 Å². The van der Waals surface area contributed by atoms with E-state index in [0.29, 0.717) is 30.7 Å². The number of hydrogen-bond acceptors (Lipinski definition) is 5. The van der Waals surface area contributed by atoms with Gasteiger partial charge in [0.1, 0.15) is 29.5 Å². The van der Waals surface area contributed by atoms with Crippen LogP contribution in [0.25, 0.3) is 10.9 Å². The third-order valence-electron chi connectivity index (χ3n) is 3.83. The van der Waals surface area contributed by atoms with Crippen LogP contribution in [0.4, 0.5) is 10.2 Å². The van der Waals surface area contributed by atoms with Gasteiger partial charge in [-0.15, -0.1) is 0 Å². The quantitative estimate of drug-likeness (QED) is 0.886. The van der Waals surface area contributed by atoms with Gasteiger partial charge < -0.3 is 15.3 Å². The predicted octanol–water partition coefficient (Wildman–Crippen LogP) is 1.16. The highest BCUT2D eigenvalue weighted by molar-refractivity contribution is 5.92. The molecule has 1 aliphatic rings. The first-order valence-electron chi connectivity index (χ1n) is 7.26. The van der Waals surface area contributed by atoms with E-state index < -0.39 is 11.9 Å². The second-order valence-corrected chi connectivity index (χ2v) is 5.25. The number of amides is 1. The number of nitrogens with one attached hydrogen (secondary N) is 1. The normalized spacial score (nSPS) is 18.7. The molecule has 1 atom stereocenters. The Morgan fingerprint density at radius 1 is 1.41 bits per heavy atom. The van der Waals surface area contributed by atoms with Crippen molar-refractivity contribution in [2.45, 2.75) is 18.9 Å². The largest absolute Gasteiger partial charge is 0.395 e. The van der Waals surface area contributed by atoms with Gasteiger partial charge in [0.05, 0.1) is 6.61 Å². The lowest BCUT2D eigenvalue weighted by atomic mass is 10.0. The highest BCUT2D eigenvalue weighted by atomic mass is 19.1. The summed E-state index contributed by atoms with van der Waals surface area (Å²) in [5.41, 5.74) is 0.232. The second kappa shape index (κ2) is 6.23. The number of nitrogens with zero attached hydrogens (tertiary/aromatic N) is 3. The van der Waals surface area contributed by atoms with E-state index in [4.69, 9.17) is 5.11 Å². The van der Waals surface area contributed by atoms with Gasteiger partial charge in [0.2, 0.25) is 5.91 Å². The summed E-state index contributed by atoms with van der Waals surface area (Å²) >= 11 is 0. The van der Waals surface area contributed by atoms with Crippen molar-refractivity contribution in [3.8, 4) is 0 Å². The molecule has 3 rings (SSSR count). The number of carbonyl (C=O) groups excluding carboxylic acids is 1. The molecule has 1 fully saturated rings. The molecular weight excluding hydrogens is 287 g/mol. The van der Waals surface area contributed by atoms with Crippen molar-refractivity contribution in [3.63, 3.8) is 0 Å². The Kier molecular flexibility index (Phi) is 4.15. The number of aromatic nitrogens is 2. The van der Waals surface area contributed by atoms with Crippen molar-refractivity contribution in [1.82, 2.24) is 14.9 Å². The number of anilines is 1. The summed E-state index contributed by atoms with van der Waals surface area (Å²) in [5, 5.41) is 12.7. The minimum absolute atomic E-state index is 0.0554. The highest BCUT2D eigenvalue weighted by Crippen LogP contribution is 2.23. The van der Waals surface area contributed by atoms with Gasteiger partial charge in [0, 0.05) is 18.5 Å². The summed E-state index contributed by atoms with van der Waals surface area (Å²) in [5.74, 6) is -0.0306. The van der Waals surface area contributed by atoms with Crippen LogP contribution in [0.1, 0.15) is 12.8 Å². The molecule has 2 aromatic rings. The third kappa shape index (κ3) is 2.71. The van der Waals surface area contributed by atoms with Gasteiger partial charge >= 0.3 is 0 Å². The Balaban J connectivity index is 1.87. The zero-order valence-corrected chi connectivity index (χ0v) is 12.0. The molecule has 1 unspecified atom stereocenters. The van der Waals surface area contributed by atoms with E-state index in [2.05, 4.69) is 15.3 Å². The summed E-state index contributed by atoms with van der Waals surface area (Å²) < 4.78 is 13.8. The molecular formula is C15H17FN4O2. The van der Waals surface area contributed by atoms with Crippen LogP contribution in [0.3, 0.4) is 0 Å². The molecule has 1 saturated heterocycles. The van der Waals surface area contributed by atoms with Crippen LogP contribution in [0.5, 0.6) is 0 Å². The van der Waals surface area contributed by atoms with E-state index >= 15 is 0 Å². The average molecular weight is 304 g/mol. The average Bonchev–Trinajstić information content (AvgIpc) is 2.52. The molecule has 1 aromatic carbocycles. The van der Waals surface area contributed by atoms with Crippen LogP contribution in [0, 0.1) is 5.82 Å². The number of benzene rings is 1. The maximum atomic E-state index is 13.8. The smallest absolute Gasteiger partial charge is 0.245 e. The molecule has 22 heavy (non-hydrogen) atoms. The topological polar surface area (TPSA) is 78.4 Å². The fourth-order valence-corrected chi connectivity index (χ4v) is 2.75. The maximum Gasteiger partial charge on any atom is 0.245 e. The summed E-state index contributed by atoms with van der Waals surface area (Å²) in [4.78, 5) is 22.1. The highest BCUT2D eigenvalue weighted by Gasteiger charge is 2.28. The first-order chi connectivity index (χ1) is 10.7. The Morgan fingerprint density at radius 3 is 3.09 bits per heavy atom. The molecule has 0 radical (unpaired) electrons. The number of β-amino-alcohol motifs (C(OH)–C–C–N with tert-alkyl or cyclic N) is 1. The number of piperidine rings is 1. The van der Waals surface area contributed by atoms with Crippen molar-refractivity contribution in [2.24, 2.45) is 0 Å². The van der Waals surface area contributed by atoms with Crippen LogP contribution < -0.4 is 5.32 Å². The fraction of sp³-hybridized carbons (Fsp3) is 0.400. The van der Waals surface area contributed by atoms with Gasteiger partial charge in [-0.25, -0.2) is 14.4 Å². The summed E-state index contributed by atoms with van der Waals surface area (Å²) in [6, 6.07) is 4.24. The number of likely N-dealkylation sites (tertiary alicyclic amines) is 1. The predicted molar refractivity (Wildman–Crippen MR) is 79.8 cm³/mol. The lowest BCUT2D eigenvalue weighted by molar-refractivity contribution is -0.134. The fourth-order valence-electron chi connectivity index (χ4n) is 2.75. The summed E-state index contributed by atoms with van der Waals surface area (Å²) in [7, 11) is 0. The van der Waals surface area contributed by atoms with Crippen molar-refractivity contribution in [3.05, 3.63) is 30.3 Å². The molecule has 2 N–H and O–H groups in total. The van der Waals surface area contributed by atoms with Gasteiger partial charge in [-0.3, -0.25) is 4.79 Å². The number of aliphatic hydroxyl groups excluding tert-OH is 1. The Hall–Kier alpha value is -2.28. The number of aliphatic hydroxyl groups is 1. The first kappa shape index (κ1) is 14.6. The van der Waals surface area contributed by atoms with Crippen molar-refractivity contribution in [2.75, 3.05) is 25.0 Å². The van der Waals surface area contributed by atoms with Gasteiger partial charge in [-0.1, -0.05) is 6.07 Å². The van der Waals surface area contributed by atoms with Gasteiger partial charge in [-0.05, 0) is 25.0 Å². The minimum Gasteiger partial charge on any atom is -0.395 e. The zero-order valence-electron chi connectivity index (χ0n) is 12.0. The summed E-state index contributed by atoms with van der Waals surface area (Å²) in [6.45, 7) is 0.924. The SMILES string of the molecule is O=C1C(Nc2ncnc3c(F)cccc23)CCCN1CCO. The van der Waals surface area contributed by atoms with Crippen molar-refractivity contribution >= 4 is 22.6 Å². The number of para-hydroxylation sites is 1. The number of carbonyl (C=O) groups is 1. The number of halogens is 1. The Bertz CT molecular complexity index is 692. The zero-order chi connectivity index (χ0) is 15.5. The minimum atomic E-state index is -0.417. The maximum absolute atomic E-state index is 13.8.